The summed E-state index contributed by atoms with van der Waals surface area (Å²) in [4.78, 5) is 0. The molecular formula is C28H42CdO2. The van der Waals surface area contributed by atoms with Crippen LogP contribution in [0.3, 0.4) is 0 Å². The van der Waals surface area contributed by atoms with Gasteiger partial charge in [-0.2, -0.15) is 0 Å². The molecule has 2 nitrogen and oxygen atoms in total. The van der Waals surface area contributed by atoms with Crippen molar-refractivity contribution in [2.75, 3.05) is 0 Å². The third-order valence-electron chi connectivity index (χ3n) is 5.22. The molecule has 2 aromatic carbocycles. The Morgan fingerprint density at radius 2 is 0.710 bits per heavy atom. The standard InChI is InChI=1S/2C14H22O.Cd/c2*1-13(2,3)10-14(4,5)11-6-8-12(15)9-7-11;/h2*6-9,15H,10H2,1-5H3;/q;;+2/p-2. The molecule has 0 bridgehead atoms. The Morgan fingerprint density at radius 3 is 0.903 bits per heavy atom. The summed E-state index contributed by atoms with van der Waals surface area (Å²) in [5.74, 6) is 0.176. The van der Waals surface area contributed by atoms with E-state index in [1.165, 1.54) is 11.1 Å². The van der Waals surface area contributed by atoms with Crippen molar-refractivity contribution in [2.24, 2.45) is 10.8 Å². The molecule has 0 spiro atoms. The first-order chi connectivity index (χ1) is 13.4. The van der Waals surface area contributed by atoms with Gasteiger partial charge >= 0.3 is 27.3 Å². The summed E-state index contributed by atoms with van der Waals surface area (Å²) >= 11 is 0. The predicted molar refractivity (Wildman–Crippen MR) is 126 cm³/mol. The van der Waals surface area contributed by atoms with E-state index in [4.69, 9.17) is 0 Å². The molecule has 0 radical (unpaired) electrons. The van der Waals surface area contributed by atoms with Gasteiger partial charge in [-0.1, -0.05) is 118 Å². The molecule has 2 rings (SSSR count). The quantitative estimate of drug-likeness (QED) is 0.408. The minimum absolute atomic E-state index is 0. The smallest absolute Gasteiger partial charge is 0.872 e. The molecule has 0 unspecified atom stereocenters. The SMILES string of the molecule is CC(C)(C)CC(C)(C)c1ccc([O-])cc1.CC(C)(C)CC(C)(C)c1ccc([O-])cc1.[Cd+2]. The minimum Gasteiger partial charge on any atom is -0.872 e. The molecule has 31 heavy (non-hydrogen) atoms. The van der Waals surface area contributed by atoms with Crippen LogP contribution in [0, 0.1) is 10.8 Å². The molecule has 168 valence electrons. The van der Waals surface area contributed by atoms with Gasteiger partial charge in [-0.05, 0) is 45.6 Å². The van der Waals surface area contributed by atoms with E-state index in [-0.39, 0.29) is 49.6 Å². The predicted octanol–water partition coefficient (Wildman–Crippen LogP) is 6.95. The second kappa shape index (κ2) is 11.2. The molecule has 0 aliphatic carbocycles. The summed E-state index contributed by atoms with van der Waals surface area (Å²) in [5.41, 5.74) is 3.37. The maximum Gasteiger partial charge on any atom is 2.00 e. The van der Waals surface area contributed by atoms with Gasteiger partial charge < -0.3 is 10.2 Å². The average molecular weight is 523 g/mol. The fourth-order valence-electron chi connectivity index (χ4n) is 4.67. The summed E-state index contributed by atoms with van der Waals surface area (Å²) in [7, 11) is 0. The van der Waals surface area contributed by atoms with E-state index in [1.807, 2.05) is 24.3 Å². The van der Waals surface area contributed by atoms with Crippen LogP contribution in [0.2, 0.25) is 0 Å². The summed E-state index contributed by atoms with van der Waals surface area (Å²) in [6, 6.07) is 14.4. The largest absolute Gasteiger partial charge is 2.00 e. The molecule has 0 saturated carbocycles. The first-order valence-electron chi connectivity index (χ1n) is 11.0. The molecule has 0 amide bonds. The number of hydrogen-bond donors (Lipinski definition) is 0. The van der Waals surface area contributed by atoms with Crippen molar-refractivity contribution < 1.29 is 37.5 Å². The average Bonchev–Trinajstić information content (AvgIpc) is 2.52. The Morgan fingerprint density at radius 1 is 0.484 bits per heavy atom. The molecule has 0 heterocycles. The van der Waals surface area contributed by atoms with Gasteiger partial charge in [-0.15, -0.1) is 11.5 Å². The second-order valence-electron chi connectivity index (χ2n) is 12.3. The van der Waals surface area contributed by atoms with E-state index in [0.29, 0.717) is 10.8 Å². The van der Waals surface area contributed by atoms with E-state index in [9.17, 15) is 10.2 Å². The zero-order valence-corrected chi connectivity index (χ0v) is 25.6. The first-order valence-corrected chi connectivity index (χ1v) is 11.0. The molecule has 0 aliphatic rings. The van der Waals surface area contributed by atoms with Crippen LogP contribution in [0.15, 0.2) is 48.5 Å². The van der Waals surface area contributed by atoms with Gasteiger partial charge in [0.15, 0.2) is 0 Å². The Labute approximate surface area is 211 Å². The van der Waals surface area contributed by atoms with Gasteiger partial charge in [0, 0.05) is 0 Å². The van der Waals surface area contributed by atoms with E-state index >= 15 is 0 Å². The molecule has 2 aromatic rings. The summed E-state index contributed by atoms with van der Waals surface area (Å²) in [5, 5.41) is 22.1. The maximum atomic E-state index is 11.0. The van der Waals surface area contributed by atoms with E-state index in [2.05, 4.69) is 69.2 Å². The molecular weight excluding hydrogens is 481 g/mol. The Hall–Kier alpha value is -1.04. The molecule has 0 saturated heterocycles. The van der Waals surface area contributed by atoms with Gasteiger partial charge in [-0.25, -0.2) is 0 Å². The number of rotatable bonds is 4. The Bertz CT molecular complexity index is 704. The second-order valence-corrected chi connectivity index (χ2v) is 12.3. The molecule has 0 aliphatic heterocycles. The molecule has 3 heteroatoms. The van der Waals surface area contributed by atoms with Gasteiger partial charge in [0.25, 0.3) is 0 Å². The van der Waals surface area contributed by atoms with Crippen LogP contribution in [-0.2, 0) is 38.1 Å². The van der Waals surface area contributed by atoms with Crippen molar-refractivity contribution in [3.05, 3.63) is 59.7 Å². The third-order valence-corrected chi connectivity index (χ3v) is 5.22. The van der Waals surface area contributed by atoms with Crippen LogP contribution in [0.5, 0.6) is 11.5 Å². The van der Waals surface area contributed by atoms with E-state index < -0.39 is 0 Å². The van der Waals surface area contributed by atoms with Gasteiger partial charge in [-0.3, -0.25) is 0 Å². The summed E-state index contributed by atoms with van der Waals surface area (Å²) in [6.45, 7) is 22.4. The van der Waals surface area contributed by atoms with E-state index in [1.54, 1.807) is 24.3 Å². The fourth-order valence-corrected chi connectivity index (χ4v) is 4.67. The molecule has 0 atom stereocenters. The van der Waals surface area contributed by atoms with Crippen LogP contribution in [0.1, 0.15) is 93.2 Å². The topological polar surface area (TPSA) is 46.1 Å². The van der Waals surface area contributed by atoms with Crippen LogP contribution in [-0.4, -0.2) is 0 Å². The van der Waals surface area contributed by atoms with Crippen LogP contribution < -0.4 is 10.2 Å². The van der Waals surface area contributed by atoms with Crippen molar-refractivity contribution in [3.8, 4) is 11.5 Å². The van der Waals surface area contributed by atoms with Crippen molar-refractivity contribution in [2.45, 2.75) is 92.9 Å². The van der Waals surface area contributed by atoms with Crippen LogP contribution in [0.25, 0.3) is 0 Å². The van der Waals surface area contributed by atoms with Crippen LogP contribution in [0.4, 0.5) is 0 Å². The number of benzene rings is 2. The normalized spacial score (nSPS) is 12.5. The van der Waals surface area contributed by atoms with E-state index in [0.717, 1.165) is 12.8 Å². The fraction of sp³-hybridized carbons (Fsp3) is 0.571. The zero-order valence-electron chi connectivity index (χ0n) is 21.6. The summed E-state index contributed by atoms with van der Waals surface area (Å²) in [6.07, 6.45) is 2.22. The summed E-state index contributed by atoms with van der Waals surface area (Å²) < 4.78 is 0. The van der Waals surface area contributed by atoms with Gasteiger partial charge in [0.05, 0.1) is 0 Å². The van der Waals surface area contributed by atoms with Crippen LogP contribution >= 0.6 is 0 Å². The third kappa shape index (κ3) is 11.4. The molecule has 0 aromatic heterocycles. The first kappa shape index (κ1) is 30.0. The van der Waals surface area contributed by atoms with Crippen molar-refractivity contribution in [1.82, 2.24) is 0 Å². The minimum atomic E-state index is 0. The van der Waals surface area contributed by atoms with Crippen molar-refractivity contribution in [3.63, 3.8) is 0 Å². The molecule has 0 fully saturated rings. The van der Waals surface area contributed by atoms with Gasteiger partial charge in [0.2, 0.25) is 0 Å². The Balaban J connectivity index is 0.000000562. The van der Waals surface area contributed by atoms with Gasteiger partial charge in [0.1, 0.15) is 0 Å². The zero-order chi connectivity index (χ0) is 23.4. The monoisotopic (exact) mass is 524 g/mol. The molecule has 0 N–H and O–H groups in total. The Kier molecular flexibility index (Phi) is 10.8. The maximum absolute atomic E-state index is 11.0. The van der Waals surface area contributed by atoms with Crippen molar-refractivity contribution >= 4 is 0 Å². The number of hydrogen-bond acceptors (Lipinski definition) is 2. The van der Waals surface area contributed by atoms with Crippen molar-refractivity contribution in [1.29, 1.82) is 0 Å².